The second-order valence-corrected chi connectivity index (χ2v) is 3.51. The van der Waals surface area contributed by atoms with Gasteiger partial charge in [0.15, 0.2) is 6.10 Å². The number of carboxylic acid groups (broad SMARTS) is 1. The molecule has 0 aromatic heterocycles. The predicted molar refractivity (Wildman–Crippen MR) is 62.4 cm³/mol. The van der Waals surface area contributed by atoms with Crippen LogP contribution in [0.2, 0.25) is 0 Å². The minimum Gasteiger partial charge on any atom is -0.479 e. The molecule has 0 aliphatic heterocycles. The number of carboxylic acids is 1. The average molecular weight is 264 g/mol. The van der Waals surface area contributed by atoms with Crippen LogP contribution in [0.3, 0.4) is 0 Å². The minimum absolute atomic E-state index is 0.343. The van der Waals surface area contributed by atoms with E-state index in [-0.39, 0.29) is 6.54 Å². The summed E-state index contributed by atoms with van der Waals surface area (Å²) in [5, 5.41) is 19.8. The molecule has 0 aromatic carbocycles. The molecule has 0 heterocycles. The Balaban J connectivity index is 4.14. The topological polar surface area (TPSA) is 108 Å². The maximum Gasteiger partial charge on any atom is 0.334 e. The number of urea groups is 1. The van der Waals surface area contributed by atoms with E-state index in [0.29, 0.717) is 26.3 Å². The third kappa shape index (κ3) is 7.05. The first-order chi connectivity index (χ1) is 8.52. The van der Waals surface area contributed by atoms with Crippen LogP contribution in [0.5, 0.6) is 0 Å². The molecule has 0 rings (SSSR count). The monoisotopic (exact) mass is 264 g/mol. The fraction of sp³-hybridized carbons (Fsp3) is 0.800. The number of carbonyl (C=O) groups is 2. The highest BCUT2D eigenvalue weighted by atomic mass is 16.5. The van der Waals surface area contributed by atoms with E-state index < -0.39 is 18.1 Å². The summed E-state index contributed by atoms with van der Waals surface area (Å²) in [5.74, 6) is -1.38. The van der Waals surface area contributed by atoms with Crippen LogP contribution in [-0.2, 0) is 14.3 Å². The zero-order valence-corrected chi connectivity index (χ0v) is 10.6. The number of carbonyl (C=O) groups excluding carboxylic acids is 1. The molecule has 8 nitrogen and oxygen atoms in total. The van der Waals surface area contributed by atoms with Gasteiger partial charge >= 0.3 is 12.0 Å². The van der Waals surface area contributed by atoms with Crippen molar-refractivity contribution < 1.29 is 29.3 Å². The molecule has 0 aliphatic carbocycles. The van der Waals surface area contributed by atoms with Crippen LogP contribution in [0.25, 0.3) is 0 Å². The Morgan fingerprint density at radius 1 is 1.22 bits per heavy atom. The molecule has 0 aliphatic rings. The number of nitrogens with one attached hydrogen (secondary N) is 1. The van der Waals surface area contributed by atoms with Crippen molar-refractivity contribution in [2.45, 2.75) is 6.10 Å². The average Bonchev–Trinajstić information content (AvgIpc) is 2.35. The predicted octanol–water partition coefficient (Wildman–Crippen LogP) is -1.26. The molecule has 0 spiro atoms. The summed E-state index contributed by atoms with van der Waals surface area (Å²) >= 11 is 0. The third-order valence-electron chi connectivity index (χ3n) is 2.15. The number of hydrogen-bond donors (Lipinski definition) is 3. The standard InChI is InChI=1S/C10H20N2O6/c1-17-5-3-12(4-6-18-2)10(16)11-7-8(13)9(14)15/h8,13H,3-7H2,1-2H3,(H,11,16)(H,14,15)/t8-/m0/s1. The van der Waals surface area contributed by atoms with Crippen LogP contribution < -0.4 is 5.32 Å². The summed E-state index contributed by atoms with van der Waals surface area (Å²) in [6.45, 7) is 1.09. The van der Waals surface area contributed by atoms with Gasteiger partial charge in [0.05, 0.1) is 19.8 Å². The van der Waals surface area contributed by atoms with Crippen LogP contribution in [0, 0.1) is 0 Å². The van der Waals surface area contributed by atoms with E-state index in [1.165, 1.54) is 19.1 Å². The Bertz CT molecular complexity index is 253. The highest BCUT2D eigenvalue weighted by Gasteiger charge is 2.17. The Morgan fingerprint density at radius 3 is 2.11 bits per heavy atom. The normalized spacial score (nSPS) is 11.9. The number of methoxy groups -OCH3 is 2. The maximum atomic E-state index is 11.7. The van der Waals surface area contributed by atoms with Gasteiger partial charge in [-0.1, -0.05) is 0 Å². The second kappa shape index (κ2) is 9.63. The molecule has 0 aromatic rings. The van der Waals surface area contributed by atoms with Crippen LogP contribution in [-0.4, -0.2) is 80.3 Å². The number of aliphatic carboxylic acids is 1. The fourth-order valence-electron chi connectivity index (χ4n) is 1.10. The largest absolute Gasteiger partial charge is 0.479 e. The number of ether oxygens (including phenoxy) is 2. The molecular formula is C10H20N2O6. The van der Waals surface area contributed by atoms with Crippen molar-refractivity contribution in [3.63, 3.8) is 0 Å². The molecule has 0 unspecified atom stereocenters. The van der Waals surface area contributed by atoms with Crippen LogP contribution >= 0.6 is 0 Å². The molecule has 0 radical (unpaired) electrons. The highest BCUT2D eigenvalue weighted by molar-refractivity contribution is 5.76. The molecule has 1 atom stereocenters. The van der Waals surface area contributed by atoms with E-state index in [2.05, 4.69) is 5.32 Å². The lowest BCUT2D eigenvalue weighted by molar-refractivity contribution is -0.146. The van der Waals surface area contributed by atoms with Crippen LogP contribution in [0.15, 0.2) is 0 Å². The van der Waals surface area contributed by atoms with Gasteiger partial charge in [-0.25, -0.2) is 9.59 Å². The number of nitrogens with zero attached hydrogens (tertiary/aromatic N) is 1. The minimum atomic E-state index is -1.61. The Morgan fingerprint density at radius 2 is 1.72 bits per heavy atom. The fourth-order valence-corrected chi connectivity index (χ4v) is 1.10. The van der Waals surface area contributed by atoms with E-state index in [4.69, 9.17) is 19.7 Å². The lowest BCUT2D eigenvalue weighted by Crippen LogP contribution is -2.46. The number of aliphatic hydroxyl groups is 1. The zero-order valence-electron chi connectivity index (χ0n) is 10.6. The van der Waals surface area contributed by atoms with Crippen molar-refractivity contribution in [2.75, 3.05) is 47.1 Å². The summed E-state index contributed by atoms with van der Waals surface area (Å²) in [6, 6.07) is -0.468. The first-order valence-corrected chi connectivity index (χ1v) is 5.44. The zero-order chi connectivity index (χ0) is 14.0. The molecule has 106 valence electrons. The van der Waals surface area contributed by atoms with Gasteiger partial charge in [0.2, 0.25) is 0 Å². The summed E-state index contributed by atoms with van der Waals surface area (Å²) in [4.78, 5) is 23.5. The van der Waals surface area contributed by atoms with Crippen molar-refractivity contribution in [1.82, 2.24) is 10.2 Å². The third-order valence-corrected chi connectivity index (χ3v) is 2.15. The summed E-state index contributed by atoms with van der Waals surface area (Å²) in [5.41, 5.74) is 0. The summed E-state index contributed by atoms with van der Waals surface area (Å²) in [6.07, 6.45) is -1.61. The molecule has 8 heteroatoms. The molecular weight excluding hydrogens is 244 g/mol. The van der Waals surface area contributed by atoms with Crippen molar-refractivity contribution in [1.29, 1.82) is 0 Å². The van der Waals surface area contributed by atoms with Gasteiger partial charge in [-0.05, 0) is 0 Å². The molecule has 2 amide bonds. The quantitative estimate of drug-likeness (QED) is 0.479. The first kappa shape index (κ1) is 16.6. The maximum absolute atomic E-state index is 11.7. The number of hydrogen-bond acceptors (Lipinski definition) is 5. The van der Waals surface area contributed by atoms with Gasteiger partial charge in [-0.2, -0.15) is 0 Å². The summed E-state index contributed by atoms with van der Waals surface area (Å²) in [7, 11) is 3.03. The van der Waals surface area contributed by atoms with Gasteiger partial charge in [0.25, 0.3) is 0 Å². The lowest BCUT2D eigenvalue weighted by atomic mass is 10.3. The van der Waals surface area contributed by atoms with Crippen molar-refractivity contribution >= 4 is 12.0 Å². The lowest BCUT2D eigenvalue weighted by Gasteiger charge is -2.22. The number of rotatable bonds is 9. The molecule has 0 saturated carbocycles. The SMILES string of the molecule is COCCN(CCOC)C(=O)NC[C@H](O)C(=O)O. The van der Waals surface area contributed by atoms with E-state index in [9.17, 15) is 9.59 Å². The van der Waals surface area contributed by atoms with Crippen LogP contribution in [0.4, 0.5) is 4.79 Å². The molecule has 0 bridgehead atoms. The van der Waals surface area contributed by atoms with Crippen molar-refractivity contribution in [3.05, 3.63) is 0 Å². The van der Waals surface area contributed by atoms with Crippen molar-refractivity contribution in [2.24, 2.45) is 0 Å². The Hall–Kier alpha value is -1.38. The molecule has 0 fully saturated rings. The number of amides is 2. The van der Waals surface area contributed by atoms with Gasteiger partial charge in [0.1, 0.15) is 0 Å². The second-order valence-electron chi connectivity index (χ2n) is 3.51. The van der Waals surface area contributed by atoms with Gasteiger partial charge in [-0.3, -0.25) is 0 Å². The smallest absolute Gasteiger partial charge is 0.334 e. The molecule has 18 heavy (non-hydrogen) atoms. The number of aliphatic hydroxyl groups excluding tert-OH is 1. The van der Waals surface area contributed by atoms with Gasteiger partial charge in [-0.15, -0.1) is 0 Å². The van der Waals surface area contributed by atoms with Crippen LogP contribution in [0.1, 0.15) is 0 Å². The highest BCUT2D eigenvalue weighted by Crippen LogP contribution is 1.91. The van der Waals surface area contributed by atoms with E-state index in [0.717, 1.165) is 0 Å². The Labute approximate surface area is 105 Å². The molecule has 0 saturated heterocycles. The first-order valence-electron chi connectivity index (χ1n) is 5.44. The van der Waals surface area contributed by atoms with E-state index in [1.54, 1.807) is 0 Å². The van der Waals surface area contributed by atoms with E-state index >= 15 is 0 Å². The summed E-state index contributed by atoms with van der Waals surface area (Å²) < 4.78 is 9.72. The molecule has 3 N–H and O–H groups in total. The van der Waals surface area contributed by atoms with E-state index in [1.807, 2.05) is 0 Å². The Kier molecular flexibility index (Phi) is 8.89. The van der Waals surface area contributed by atoms with Gasteiger partial charge < -0.3 is 29.9 Å². The van der Waals surface area contributed by atoms with Crippen molar-refractivity contribution in [3.8, 4) is 0 Å². The van der Waals surface area contributed by atoms with Gasteiger partial charge in [0, 0.05) is 27.3 Å².